The normalized spacial score (nSPS) is 29.1. The molecule has 0 aromatic heterocycles. The SMILES string of the molecule is CC(=O)O[C@]12CC(OS(=O)(=O)C(F)(F)F)=CCC[C@H]1C(C)(C)OC2=O. The van der Waals surface area contributed by atoms with Gasteiger partial charge >= 0.3 is 27.6 Å². The largest absolute Gasteiger partial charge is 0.534 e. The lowest BCUT2D eigenvalue weighted by atomic mass is 9.76. The lowest BCUT2D eigenvalue weighted by molar-refractivity contribution is -0.174. The first kappa shape index (κ1) is 19.5. The number of carbonyl (C=O) groups is 2. The molecule has 1 aliphatic heterocycles. The van der Waals surface area contributed by atoms with E-state index in [1.807, 2.05) is 0 Å². The third-order valence-corrected chi connectivity index (χ3v) is 5.19. The van der Waals surface area contributed by atoms with Crippen molar-refractivity contribution in [1.29, 1.82) is 0 Å². The smallest absolute Gasteiger partial charge is 0.456 e. The molecule has 1 fully saturated rings. The minimum absolute atomic E-state index is 0.121. The van der Waals surface area contributed by atoms with E-state index in [4.69, 9.17) is 9.47 Å². The molecule has 2 aliphatic rings. The maximum absolute atomic E-state index is 12.5. The molecule has 25 heavy (non-hydrogen) atoms. The average Bonchev–Trinajstić information content (AvgIpc) is 2.52. The van der Waals surface area contributed by atoms with E-state index in [9.17, 15) is 31.2 Å². The Labute approximate surface area is 142 Å². The molecule has 0 aromatic carbocycles. The fraction of sp³-hybridized carbons (Fsp3) is 0.714. The molecule has 1 aliphatic carbocycles. The van der Waals surface area contributed by atoms with Crippen LogP contribution >= 0.6 is 0 Å². The standard InChI is InChI=1S/C14H17F3O7S/c1-8(18)22-13-7-9(24-25(20,21)14(15,16)17)5-4-6-10(13)12(2,3)23-11(13)19/h5,10H,4,6-7H2,1-3H3/t10-,13+/m0/s1. The van der Waals surface area contributed by atoms with E-state index in [0.717, 1.165) is 13.0 Å². The number of cyclic esters (lactones) is 1. The fourth-order valence-corrected chi connectivity index (χ4v) is 3.78. The van der Waals surface area contributed by atoms with Crippen molar-refractivity contribution in [2.45, 2.75) is 56.7 Å². The molecule has 11 heteroatoms. The summed E-state index contributed by atoms with van der Waals surface area (Å²) in [4.78, 5) is 23.9. The highest BCUT2D eigenvalue weighted by Crippen LogP contribution is 2.50. The van der Waals surface area contributed by atoms with Gasteiger partial charge in [-0.05, 0) is 32.8 Å². The third kappa shape index (κ3) is 3.46. The van der Waals surface area contributed by atoms with E-state index in [2.05, 4.69) is 4.18 Å². The second kappa shape index (κ2) is 5.89. The third-order valence-electron chi connectivity index (χ3n) is 4.19. The van der Waals surface area contributed by atoms with Crippen molar-refractivity contribution >= 4 is 22.1 Å². The molecule has 1 heterocycles. The summed E-state index contributed by atoms with van der Waals surface area (Å²) in [6.07, 6.45) is 0.840. The van der Waals surface area contributed by atoms with Gasteiger partial charge in [0, 0.05) is 6.92 Å². The zero-order valence-corrected chi connectivity index (χ0v) is 14.5. The lowest BCUT2D eigenvalue weighted by Crippen LogP contribution is -2.47. The van der Waals surface area contributed by atoms with Gasteiger partial charge in [-0.25, -0.2) is 4.79 Å². The average molecular weight is 386 g/mol. The molecular formula is C14H17F3O7S. The van der Waals surface area contributed by atoms with E-state index in [-0.39, 0.29) is 12.8 Å². The molecule has 0 aromatic rings. The summed E-state index contributed by atoms with van der Waals surface area (Å²) < 4.78 is 74.7. The van der Waals surface area contributed by atoms with E-state index in [0.29, 0.717) is 0 Å². The van der Waals surface area contributed by atoms with Gasteiger partial charge in [0.2, 0.25) is 5.60 Å². The Morgan fingerprint density at radius 1 is 1.36 bits per heavy atom. The Morgan fingerprint density at radius 3 is 2.48 bits per heavy atom. The molecule has 0 amide bonds. The molecule has 142 valence electrons. The zero-order chi connectivity index (χ0) is 19.3. The van der Waals surface area contributed by atoms with Gasteiger partial charge in [0.05, 0.1) is 12.3 Å². The summed E-state index contributed by atoms with van der Waals surface area (Å²) in [6, 6.07) is 0. The van der Waals surface area contributed by atoms with Crippen molar-refractivity contribution in [2.75, 3.05) is 0 Å². The predicted octanol–water partition coefficient (Wildman–Crippen LogP) is 2.17. The first-order valence-electron chi connectivity index (χ1n) is 7.34. The maximum atomic E-state index is 12.5. The van der Waals surface area contributed by atoms with Gasteiger partial charge in [-0.15, -0.1) is 0 Å². The molecule has 0 saturated carbocycles. The van der Waals surface area contributed by atoms with Gasteiger partial charge in [-0.3, -0.25) is 4.79 Å². The predicted molar refractivity (Wildman–Crippen MR) is 76.2 cm³/mol. The van der Waals surface area contributed by atoms with Crippen LogP contribution in [-0.2, 0) is 33.4 Å². The van der Waals surface area contributed by atoms with Crippen LogP contribution in [0, 0.1) is 5.92 Å². The van der Waals surface area contributed by atoms with Gasteiger partial charge in [0.25, 0.3) is 0 Å². The van der Waals surface area contributed by atoms with Crippen LogP contribution in [-0.4, -0.2) is 37.1 Å². The molecule has 2 atom stereocenters. The summed E-state index contributed by atoms with van der Waals surface area (Å²) in [5.41, 5.74) is -8.60. The van der Waals surface area contributed by atoms with Gasteiger partial charge < -0.3 is 13.7 Å². The van der Waals surface area contributed by atoms with Crippen LogP contribution in [0.2, 0.25) is 0 Å². The minimum Gasteiger partial charge on any atom is -0.456 e. The molecule has 0 bridgehead atoms. The molecular weight excluding hydrogens is 369 g/mol. The Hall–Kier alpha value is -1.78. The number of fused-ring (bicyclic) bond motifs is 1. The van der Waals surface area contributed by atoms with Crippen LogP contribution in [0.1, 0.15) is 40.0 Å². The number of hydrogen-bond acceptors (Lipinski definition) is 7. The van der Waals surface area contributed by atoms with E-state index in [1.54, 1.807) is 13.8 Å². The Bertz CT molecular complexity index is 723. The first-order chi connectivity index (χ1) is 11.2. The summed E-state index contributed by atoms with van der Waals surface area (Å²) in [6.45, 7) is 4.20. The summed E-state index contributed by atoms with van der Waals surface area (Å²) in [7, 11) is -5.90. The van der Waals surface area contributed by atoms with Crippen LogP contribution in [0.3, 0.4) is 0 Å². The zero-order valence-electron chi connectivity index (χ0n) is 13.7. The highest BCUT2D eigenvalue weighted by atomic mass is 32.2. The Morgan fingerprint density at radius 2 is 1.96 bits per heavy atom. The van der Waals surface area contributed by atoms with Gasteiger partial charge in [-0.2, -0.15) is 21.6 Å². The van der Waals surface area contributed by atoms with E-state index < -0.39 is 56.9 Å². The van der Waals surface area contributed by atoms with Crippen molar-refractivity contribution in [3.8, 4) is 0 Å². The topological polar surface area (TPSA) is 96.0 Å². The van der Waals surface area contributed by atoms with Crippen molar-refractivity contribution in [3.05, 3.63) is 11.8 Å². The van der Waals surface area contributed by atoms with Crippen molar-refractivity contribution in [1.82, 2.24) is 0 Å². The minimum atomic E-state index is -5.90. The van der Waals surface area contributed by atoms with Crippen LogP contribution in [0.4, 0.5) is 13.2 Å². The maximum Gasteiger partial charge on any atom is 0.534 e. The molecule has 0 N–H and O–H groups in total. The summed E-state index contributed by atoms with van der Waals surface area (Å²) >= 11 is 0. The van der Waals surface area contributed by atoms with Crippen molar-refractivity contribution in [2.24, 2.45) is 5.92 Å². The van der Waals surface area contributed by atoms with Crippen LogP contribution in [0.25, 0.3) is 0 Å². The van der Waals surface area contributed by atoms with Crippen molar-refractivity contribution in [3.63, 3.8) is 0 Å². The monoisotopic (exact) mass is 386 g/mol. The number of allylic oxidation sites excluding steroid dienone is 1. The van der Waals surface area contributed by atoms with E-state index >= 15 is 0 Å². The molecule has 0 spiro atoms. The lowest BCUT2D eigenvalue weighted by Gasteiger charge is -2.33. The first-order valence-corrected chi connectivity index (χ1v) is 8.75. The molecule has 0 unspecified atom stereocenters. The van der Waals surface area contributed by atoms with Gasteiger partial charge in [0.1, 0.15) is 11.4 Å². The van der Waals surface area contributed by atoms with Crippen LogP contribution in [0.5, 0.6) is 0 Å². The quantitative estimate of drug-likeness (QED) is 0.417. The van der Waals surface area contributed by atoms with Crippen molar-refractivity contribution < 1.29 is 44.8 Å². The highest BCUT2D eigenvalue weighted by Gasteiger charge is 2.64. The highest BCUT2D eigenvalue weighted by molar-refractivity contribution is 7.87. The Kier molecular flexibility index (Phi) is 4.60. The van der Waals surface area contributed by atoms with Gasteiger partial charge in [-0.1, -0.05) is 0 Å². The van der Waals surface area contributed by atoms with Gasteiger partial charge in [0.15, 0.2) is 0 Å². The number of esters is 2. The second-order valence-corrected chi connectivity index (χ2v) is 7.97. The Balaban J connectivity index is 2.42. The van der Waals surface area contributed by atoms with Crippen LogP contribution < -0.4 is 0 Å². The number of ether oxygens (including phenoxy) is 2. The molecule has 0 radical (unpaired) electrons. The summed E-state index contributed by atoms with van der Waals surface area (Å²) in [5.74, 6) is -3.09. The second-order valence-electron chi connectivity index (χ2n) is 6.44. The summed E-state index contributed by atoms with van der Waals surface area (Å²) in [5, 5.41) is 0. The number of carbonyl (C=O) groups excluding carboxylic acids is 2. The number of hydrogen-bond donors (Lipinski definition) is 0. The fourth-order valence-electron chi connectivity index (χ4n) is 3.28. The van der Waals surface area contributed by atoms with Crippen LogP contribution in [0.15, 0.2) is 11.8 Å². The molecule has 2 rings (SSSR count). The molecule has 7 nitrogen and oxygen atoms in total. The number of rotatable bonds is 3. The molecule has 1 saturated heterocycles. The van der Waals surface area contributed by atoms with E-state index in [1.165, 1.54) is 0 Å². The number of halogens is 3. The number of alkyl halides is 3.